The second-order valence-corrected chi connectivity index (χ2v) is 7.60. The number of Topliss-reactive ketones (excluding diaryl/α,β-unsaturated/α-hetero) is 1. The van der Waals surface area contributed by atoms with Gasteiger partial charge in [0.1, 0.15) is 11.5 Å². The molecule has 0 saturated carbocycles. The highest BCUT2D eigenvalue weighted by atomic mass is 16.5. The Morgan fingerprint density at radius 2 is 1.39 bits per heavy atom. The second-order valence-electron chi connectivity index (χ2n) is 7.60. The number of rotatable bonds is 8. The van der Waals surface area contributed by atoms with Gasteiger partial charge in [0, 0.05) is 18.0 Å². The van der Waals surface area contributed by atoms with E-state index >= 15 is 0 Å². The fourth-order valence-electron chi connectivity index (χ4n) is 3.21. The zero-order valence-electron chi connectivity index (χ0n) is 19.1. The van der Waals surface area contributed by atoms with Crippen LogP contribution in [0.2, 0.25) is 0 Å². The number of carbonyl (C=O) groups is 1. The molecule has 3 aromatic carbocycles. The van der Waals surface area contributed by atoms with E-state index in [1.54, 1.807) is 32.4 Å². The Hall–Kier alpha value is -3.11. The van der Waals surface area contributed by atoms with Crippen LogP contribution in [0.25, 0.3) is 0 Å². The summed E-state index contributed by atoms with van der Waals surface area (Å²) in [5.41, 5.74) is 1.61. The van der Waals surface area contributed by atoms with Gasteiger partial charge in [-0.3, -0.25) is 4.79 Å². The molecule has 2 atom stereocenters. The summed E-state index contributed by atoms with van der Waals surface area (Å²) in [7, 11) is 7.24. The topological polar surface area (TPSA) is 38.8 Å². The Bertz CT molecular complexity index is 884. The molecule has 0 aliphatic carbocycles. The van der Waals surface area contributed by atoms with Crippen molar-refractivity contribution in [3.63, 3.8) is 0 Å². The summed E-state index contributed by atoms with van der Waals surface area (Å²) < 4.78 is 10.7. The van der Waals surface area contributed by atoms with Crippen molar-refractivity contribution >= 4 is 5.78 Å². The van der Waals surface area contributed by atoms with E-state index in [1.165, 1.54) is 0 Å². The quantitative estimate of drug-likeness (QED) is 0.439. The number of nitrogens with zero attached hydrogens (tertiary/aromatic N) is 1. The van der Waals surface area contributed by atoms with Crippen molar-refractivity contribution in [2.24, 2.45) is 0 Å². The maximum absolute atomic E-state index is 13.3. The van der Waals surface area contributed by atoms with Gasteiger partial charge >= 0.3 is 0 Å². The van der Waals surface area contributed by atoms with Crippen LogP contribution in [0.4, 0.5) is 0 Å². The van der Waals surface area contributed by atoms with E-state index in [1.807, 2.05) is 80.8 Å². The molecule has 0 N–H and O–H groups in total. The van der Waals surface area contributed by atoms with Gasteiger partial charge in [0.05, 0.1) is 19.8 Å². The molecule has 0 bridgehead atoms. The molecule has 3 rings (SSSR count). The lowest BCUT2D eigenvalue weighted by molar-refractivity contribution is 0.0938. The van der Waals surface area contributed by atoms with Gasteiger partial charge in [0.15, 0.2) is 5.78 Å². The average molecular weight is 420 g/mol. The maximum Gasteiger partial charge on any atom is 0.174 e. The van der Waals surface area contributed by atoms with Crippen molar-refractivity contribution in [1.29, 1.82) is 0 Å². The first-order chi connectivity index (χ1) is 15.0. The highest BCUT2D eigenvalue weighted by Gasteiger charge is 2.27. The second kappa shape index (κ2) is 12.6. The predicted octanol–water partition coefficient (Wildman–Crippen LogP) is 5.70. The van der Waals surface area contributed by atoms with Gasteiger partial charge in [-0.2, -0.15) is 0 Å². The Balaban J connectivity index is 0.000000488. The number of ether oxygens (including phenoxy) is 2. The van der Waals surface area contributed by atoms with Crippen LogP contribution >= 0.6 is 0 Å². The normalized spacial score (nSPS) is 12.3. The van der Waals surface area contributed by atoms with E-state index < -0.39 is 0 Å². The minimum Gasteiger partial charge on any atom is -0.497 e. The van der Waals surface area contributed by atoms with Gasteiger partial charge in [-0.15, -0.1) is 0 Å². The number of hydrogen-bond donors (Lipinski definition) is 0. The SMILES string of the molecule is COc1ccc(C(=O)C(CC(C)N(C)C)c2ccccc2)c(OC)c1.c1ccccc1. The fourth-order valence-corrected chi connectivity index (χ4v) is 3.21. The predicted molar refractivity (Wildman–Crippen MR) is 127 cm³/mol. The molecule has 2 unspecified atom stereocenters. The van der Waals surface area contributed by atoms with Crippen molar-refractivity contribution < 1.29 is 14.3 Å². The first-order valence-corrected chi connectivity index (χ1v) is 10.5. The lowest BCUT2D eigenvalue weighted by atomic mass is 9.85. The molecule has 0 aliphatic rings. The van der Waals surface area contributed by atoms with Crippen LogP contribution in [-0.2, 0) is 0 Å². The zero-order valence-corrected chi connectivity index (χ0v) is 19.1. The van der Waals surface area contributed by atoms with Crippen molar-refractivity contribution in [3.8, 4) is 11.5 Å². The van der Waals surface area contributed by atoms with E-state index in [-0.39, 0.29) is 17.7 Å². The van der Waals surface area contributed by atoms with Crippen molar-refractivity contribution in [2.75, 3.05) is 28.3 Å². The lowest BCUT2D eigenvalue weighted by Crippen LogP contribution is -2.29. The van der Waals surface area contributed by atoms with Gasteiger partial charge in [-0.1, -0.05) is 66.7 Å². The van der Waals surface area contributed by atoms with Crippen LogP contribution in [0.15, 0.2) is 84.9 Å². The van der Waals surface area contributed by atoms with Crippen molar-refractivity contribution in [2.45, 2.75) is 25.3 Å². The third-order valence-corrected chi connectivity index (χ3v) is 5.32. The standard InChI is InChI=1S/C21H27NO3.C6H6/c1-15(22(2)3)13-19(16-9-7-6-8-10-16)21(23)18-12-11-17(24-4)14-20(18)25-5;1-2-4-6-5-3-1/h6-12,14-15,19H,13H2,1-5H3;1-6H. The maximum atomic E-state index is 13.3. The van der Waals surface area contributed by atoms with Crippen molar-refractivity contribution in [3.05, 3.63) is 96.1 Å². The molecule has 3 aromatic rings. The smallest absolute Gasteiger partial charge is 0.174 e. The fraction of sp³-hybridized carbons (Fsp3) is 0.296. The van der Waals surface area contributed by atoms with Gasteiger partial charge in [0.25, 0.3) is 0 Å². The highest BCUT2D eigenvalue weighted by Crippen LogP contribution is 2.32. The highest BCUT2D eigenvalue weighted by molar-refractivity contribution is 6.03. The minimum atomic E-state index is -0.221. The van der Waals surface area contributed by atoms with Crippen LogP contribution < -0.4 is 9.47 Å². The number of benzene rings is 3. The summed E-state index contributed by atoms with van der Waals surface area (Å²) in [4.78, 5) is 15.5. The molecule has 31 heavy (non-hydrogen) atoms. The molecule has 0 aliphatic heterocycles. The molecule has 0 fully saturated rings. The van der Waals surface area contributed by atoms with E-state index in [0.717, 1.165) is 12.0 Å². The number of methoxy groups -OCH3 is 2. The summed E-state index contributed by atoms with van der Waals surface area (Å²) in [5, 5.41) is 0. The number of hydrogen-bond acceptors (Lipinski definition) is 4. The van der Waals surface area contributed by atoms with Crippen LogP contribution in [0.3, 0.4) is 0 Å². The van der Waals surface area contributed by atoms with E-state index in [9.17, 15) is 4.79 Å². The number of ketones is 1. The van der Waals surface area contributed by atoms with Crippen LogP contribution in [0.1, 0.15) is 35.2 Å². The molecule has 0 aromatic heterocycles. The third-order valence-electron chi connectivity index (χ3n) is 5.32. The van der Waals surface area contributed by atoms with Gasteiger partial charge in [0.2, 0.25) is 0 Å². The average Bonchev–Trinajstić information content (AvgIpc) is 2.83. The summed E-state index contributed by atoms with van der Waals surface area (Å²) in [5.74, 6) is 1.06. The minimum absolute atomic E-state index is 0.0689. The Kier molecular flexibility index (Phi) is 9.79. The molecule has 4 nitrogen and oxygen atoms in total. The Morgan fingerprint density at radius 1 is 0.839 bits per heavy atom. The molecule has 0 radical (unpaired) electrons. The summed E-state index contributed by atoms with van der Waals surface area (Å²) >= 11 is 0. The third kappa shape index (κ3) is 7.26. The van der Waals surface area contributed by atoms with Crippen molar-refractivity contribution in [1.82, 2.24) is 4.90 Å². The molecule has 0 amide bonds. The van der Waals surface area contributed by atoms with Crippen LogP contribution in [0, 0.1) is 0 Å². The first-order valence-electron chi connectivity index (χ1n) is 10.5. The lowest BCUT2D eigenvalue weighted by Gasteiger charge is -2.25. The molecular formula is C27H33NO3. The molecule has 164 valence electrons. The molecule has 4 heteroatoms. The Labute approximate surface area is 186 Å². The van der Waals surface area contributed by atoms with Gasteiger partial charge < -0.3 is 14.4 Å². The first kappa shape index (κ1) is 24.2. The summed E-state index contributed by atoms with van der Waals surface area (Å²) in [6.45, 7) is 2.13. The largest absolute Gasteiger partial charge is 0.497 e. The van der Waals surface area contributed by atoms with E-state index in [0.29, 0.717) is 17.1 Å². The van der Waals surface area contributed by atoms with E-state index in [2.05, 4.69) is 11.8 Å². The Morgan fingerprint density at radius 3 is 1.87 bits per heavy atom. The zero-order chi connectivity index (χ0) is 22.6. The molecule has 0 saturated heterocycles. The van der Waals surface area contributed by atoms with Crippen LogP contribution in [0.5, 0.6) is 11.5 Å². The molecule has 0 spiro atoms. The monoisotopic (exact) mass is 419 g/mol. The molecule has 0 heterocycles. The summed E-state index contributed by atoms with van der Waals surface area (Å²) in [6, 6.07) is 27.6. The van der Waals surface area contributed by atoms with Gasteiger partial charge in [-0.05, 0) is 45.1 Å². The van der Waals surface area contributed by atoms with Crippen LogP contribution in [-0.4, -0.2) is 45.0 Å². The summed E-state index contributed by atoms with van der Waals surface area (Å²) in [6.07, 6.45) is 0.741. The van der Waals surface area contributed by atoms with Gasteiger partial charge in [-0.25, -0.2) is 0 Å². The molecular weight excluding hydrogens is 386 g/mol. The number of carbonyl (C=O) groups excluding carboxylic acids is 1. The van der Waals surface area contributed by atoms with E-state index in [4.69, 9.17) is 9.47 Å².